The summed E-state index contributed by atoms with van der Waals surface area (Å²) >= 11 is 5.61. The number of hydrogen-bond acceptors (Lipinski definition) is 2. The average molecular weight is 230 g/mol. The second-order valence-corrected chi connectivity index (χ2v) is 4.11. The highest BCUT2D eigenvalue weighted by atomic mass is 35.5. The van der Waals surface area contributed by atoms with E-state index in [1.165, 1.54) is 12.1 Å². The van der Waals surface area contributed by atoms with Gasteiger partial charge in [-0.25, -0.2) is 4.39 Å². The lowest BCUT2D eigenvalue weighted by Gasteiger charge is -2.08. The second kappa shape index (κ2) is 5.24. The van der Waals surface area contributed by atoms with Crippen molar-refractivity contribution in [3.05, 3.63) is 34.6 Å². The van der Waals surface area contributed by atoms with E-state index in [1.807, 2.05) is 14.1 Å². The number of halogens is 2. The quantitative estimate of drug-likeness (QED) is 0.789. The third-order valence-corrected chi connectivity index (χ3v) is 2.17. The van der Waals surface area contributed by atoms with Crippen LogP contribution in [-0.2, 0) is 11.2 Å². The van der Waals surface area contributed by atoms with Gasteiger partial charge < -0.3 is 4.90 Å². The molecule has 4 heteroatoms. The summed E-state index contributed by atoms with van der Waals surface area (Å²) in [6.07, 6.45) is 0.290. The van der Waals surface area contributed by atoms with Crippen molar-refractivity contribution < 1.29 is 9.18 Å². The van der Waals surface area contributed by atoms with E-state index in [4.69, 9.17) is 11.6 Å². The van der Waals surface area contributed by atoms with Gasteiger partial charge in [0.1, 0.15) is 5.82 Å². The van der Waals surface area contributed by atoms with Crippen molar-refractivity contribution in [2.24, 2.45) is 0 Å². The molecule has 0 aromatic heterocycles. The summed E-state index contributed by atoms with van der Waals surface area (Å²) in [6, 6.07) is 4.35. The molecular formula is C11H13ClFNO. The number of rotatable bonds is 4. The monoisotopic (exact) mass is 229 g/mol. The molecule has 0 N–H and O–H groups in total. The van der Waals surface area contributed by atoms with Crippen molar-refractivity contribution in [2.45, 2.75) is 6.42 Å². The number of hydrogen-bond donors (Lipinski definition) is 0. The van der Waals surface area contributed by atoms with E-state index in [0.29, 0.717) is 6.54 Å². The lowest BCUT2D eigenvalue weighted by atomic mass is 10.1. The molecule has 0 saturated carbocycles. The average Bonchev–Trinajstić information content (AvgIpc) is 2.10. The minimum absolute atomic E-state index is 0.0603. The maximum absolute atomic E-state index is 12.8. The number of likely N-dealkylation sites (N-methyl/N-ethyl adjacent to an activating group) is 1. The molecule has 82 valence electrons. The van der Waals surface area contributed by atoms with Crippen molar-refractivity contribution >= 4 is 17.4 Å². The maximum Gasteiger partial charge on any atom is 0.151 e. The Labute approximate surface area is 93.6 Å². The summed E-state index contributed by atoms with van der Waals surface area (Å²) in [5.41, 5.74) is 0.744. The largest absolute Gasteiger partial charge is 0.302 e. The number of nitrogens with zero attached hydrogens (tertiary/aromatic N) is 1. The van der Waals surface area contributed by atoms with Crippen LogP contribution in [0.3, 0.4) is 0 Å². The van der Waals surface area contributed by atoms with Crippen LogP contribution in [0, 0.1) is 5.82 Å². The Morgan fingerprint density at radius 1 is 1.47 bits per heavy atom. The van der Waals surface area contributed by atoms with Gasteiger partial charge in [0.2, 0.25) is 0 Å². The summed E-state index contributed by atoms with van der Waals surface area (Å²) in [6.45, 7) is 0.384. The minimum Gasteiger partial charge on any atom is -0.302 e. The molecule has 15 heavy (non-hydrogen) atoms. The van der Waals surface area contributed by atoms with Crippen LogP contribution >= 0.6 is 11.6 Å². The molecule has 0 heterocycles. The number of benzene rings is 1. The van der Waals surface area contributed by atoms with Gasteiger partial charge in [0.05, 0.1) is 11.6 Å². The zero-order chi connectivity index (χ0) is 11.4. The maximum atomic E-state index is 12.8. The van der Waals surface area contributed by atoms with Crippen molar-refractivity contribution in [3.63, 3.8) is 0 Å². The molecule has 1 rings (SSSR count). The van der Waals surface area contributed by atoms with Crippen LogP contribution in [0.15, 0.2) is 18.2 Å². The number of carbonyl (C=O) groups excluding carboxylic acids is 1. The summed E-state index contributed by atoms with van der Waals surface area (Å²) in [7, 11) is 3.66. The molecule has 1 aromatic rings. The molecule has 0 atom stereocenters. The second-order valence-electron chi connectivity index (χ2n) is 3.70. The molecule has 0 amide bonds. The van der Waals surface area contributed by atoms with E-state index >= 15 is 0 Å². The van der Waals surface area contributed by atoms with Gasteiger partial charge in [-0.05, 0) is 31.8 Å². The fraction of sp³-hybridized carbons (Fsp3) is 0.364. The van der Waals surface area contributed by atoms with Crippen LogP contribution < -0.4 is 0 Å². The summed E-state index contributed by atoms with van der Waals surface area (Å²) in [4.78, 5) is 13.2. The zero-order valence-electron chi connectivity index (χ0n) is 8.76. The van der Waals surface area contributed by atoms with E-state index < -0.39 is 5.82 Å². The van der Waals surface area contributed by atoms with Gasteiger partial charge in [0, 0.05) is 6.42 Å². The Morgan fingerprint density at radius 2 is 2.13 bits per heavy atom. The van der Waals surface area contributed by atoms with E-state index in [-0.39, 0.29) is 17.2 Å². The predicted octanol–water partition coefficient (Wildman–Crippen LogP) is 2.15. The topological polar surface area (TPSA) is 20.3 Å². The van der Waals surface area contributed by atoms with Gasteiger partial charge in [0.15, 0.2) is 5.78 Å². The van der Waals surface area contributed by atoms with Gasteiger partial charge >= 0.3 is 0 Å². The van der Waals surface area contributed by atoms with Crippen LogP contribution in [0.1, 0.15) is 5.56 Å². The fourth-order valence-corrected chi connectivity index (χ4v) is 1.49. The van der Waals surface area contributed by atoms with Crippen molar-refractivity contribution in [2.75, 3.05) is 20.6 Å². The lowest BCUT2D eigenvalue weighted by molar-refractivity contribution is -0.119. The van der Waals surface area contributed by atoms with E-state index in [0.717, 1.165) is 5.56 Å². The van der Waals surface area contributed by atoms with Gasteiger partial charge in [-0.15, -0.1) is 0 Å². The molecule has 1 aromatic carbocycles. The third kappa shape index (κ3) is 3.98. The van der Waals surface area contributed by atoms with Gasteiger partial charge in [0.25, 0.3) is 0 Å². The predicted molar refractivity (Wildman–Crippen MR) is 58.7 cm³/mol. The Hall–Kier alpha value is -0.930. The van der Waals surface area contributed by atoms with Crippen LogP contribution in [0.4, 0.5) is 4.39 Å². The standard InChI is InChI=1S/C11H13ClFNO/c1-14(2)7-9(15)5-8-3-4-11(13)10(12)6-8/h3-4,6H,5,7H2,1-2H3. The third-order valence-electron chi connectivity index (χ3n) is 1.88. The number of ketones is 1. The smallest absolute Gasteiger partial charge is 0.151 e. The van der Waals surface area contributed by atoms with Crippen molar-refractivity contribution in [1.82, 2.24) is 4.90 Å². The first-order valence-electron chi connectivity index (χ1n) is 4.59. The zero-order valence-corrected chi connectivity index (χ0v) is 9.51. The minimum atomic E-state index is -0.458. The Balaban J connectivity index is 2.65. The van der Waals surface area contributed by atoms with Gasteiger partial charge in [-0.2, -0.15) is 0 Å². The Kier molecular flexibility index (Phi) is 4.24. The van der Waals surface area contributed by atoms with Gasteiger partial charge in [-0.1, -0.05) is 17.7 Å². The molecule has 0 spiro atoms. The molecule has 0 unspecified atom stereocenters. The van der Waals surface area contributed by atoms with Crippen LogP contribution in [0.2, 0.25) is 5.02 Å². The lowest BCUT2D eigenvalue weighted by Crippen LogP contribution is -2.22. The van der Waals surface area contributed by atoms with Gasteiger partial charge in [-0.3, -0.25) is 4.79 Å². The van der Waals surface area contributed by atoms with Crippen molar-refractivity contribution in [3.8, 4) is 0 Å². The summed E-state index contributed by atoms with van der Waals surface area (Å²) in [5, 5.41) is 0.0603. The van der Waals surface area contributed by atoms with E-state index in [2.05, 4.69) is 0 Å². The molecule has 0 aliphatic rings. The highest BCUT2D eigenvalue weighted by Crippen LogP contribution is 2.16. The molecule has 0 saturated heterocycles. The molecule has 0 aliphatic heterocycles. The first kappa shape index (κ1) is 12.1. The Morgan fingerprint density at radius 3 is 2.67 bits per heavy atom. The number of Topliss-reactive ketones (excluding diaryl/α,β-unsaturated/α-hetero) is 1. The summed E-state index contributed by atoms with van der Waals surface area (Å²) in [5.74, 6) is -0.372. The van der Waals surface area contributed by atoms with Crippen LogP contribution in [0.25, 0.3) is 0 Å². The SMILES string of the molecule is CN(C)CC(=O)Cc1ccc(F)c(Cl)c1. The Bertz CT molecular complexity index is 366. The van der Waals surface area contributed by atoms with Crippen LogP contribution in [0.5, 0.6) is 0 Å². The molecule has 0 radical (unpaired) electrons. The highest BCUT2D eigenvalue weighted by molar-refractivity contribution is 6.30. The first-order chi connectivity index (χ1) is 6.99. The molecule has 0 aliphatic carbocycles. The first-order valence-corrected chi connectivity index (χ1v) is 4.97. The number of carbonyl (C=O) groups is 1. The van der Waals surface area contributed by atoms with E-state index in [1.54, 1.807) is 11.0 Å². The molecular weight excluding hydrogens is 217 g/mol. The summed E-state index contributed by atoms with van der Waals surface area (Å²) < 4.78 is 12.8. The molecule has 2 nitrogen and oxygen atoms in total. The normalized spacial score (nSPS) is 10.7. The highest BCUT2D eigenvalue weighted by Gasteiger charge is 2.07. The molecule has 0 fully saturated rings. The fourth-order valence-electron chi connectivity index (χ4n) is 1.29. The van der Waals surface area contributed by atoms with Crippen LogP contribution in [-0.4, -0.2) is 31.3 Å². The molecule has 0 bridgehead atoms. The van der Waals surface area contributed by atoms with Crippen molar-refractivity contribution in [1.29, 1.82) is 0 Å². The van der Waals surface area contributed by atoms with E-state index in [9.17, 15) is 9.18 Å².